The summed E-state index contributed by atoms with van der Waals surface area (Å²) in [5.74, 6) is -1.15. The number of carbonyl (C=O) groups is 3. The molecule has 230 valence electrons. The number of phenols is 1. The number of hydrogen-bond donors (Lipinski definition) is 3. The molecule has 0 fully saturated rings. The summed E-state index contributed by atoms with van der Waals surface area (Å²) in [4.78, 5) is 43.3. The van der Waals surface area contributed by atoms with Gasteiger partial charge in [0.05, 0.1) is 0 Å². The minimum absolute atomic E-state index is 0.132. The molecule has 0 saturated heterocycles. The third-order valence-corrected chi connectivity index (χ3v) is 6.99. The van der Waals surface area contributed by atoms with Crippen LogP contribution in [0.3, 0.4) is 0 Å². The van der Waals surface area contributed by atoms with Crippen LogP contribution < -0.4 is 10.6 Å². The number of nitrogens with zero attached hydrogens (tertiary/aromatic N) is 1. The Labute approximate surface area is 259 Å². The highest BCUT2D eigenvalue weighted by molar-refractivity contribution is 6.01. The number of nitrogens with one attached hydrogen (secondary N) is 2. The standard InChI is InChI=1S/C36H41N3O5/c1-35(2,3)39(33(42)29(22-24-14-8-7-9-15-24)38-34(43)44-36(4,5)6)31(28-18-12-13-19-30(28)40)32(41)37-27-21-20-25-16-10-11-17-26(25)23-27/h7-21,23,29,31,40H,22H2,1-6H3,(H,37,41)(H,38,43). The first-order chi connectivity index (χ1) is 20.7. The van der Waals surface area contributed by atoms with E-state index in [-0.39, 0.29) is 17.7 Å². The lowest BCUT2D eigenvalue weighted by molar-refractivity contribution is -0.146. The van der Waals surface area contributed by atoms with Gasteiger partial charge in [0, 0.05) is 23.2 Å². The maximum absolute atomic E-state index is 14.6. The highest BCUT2D eigenvalue weighted by Gasteiger charge is 2.43. The van der Waals surface area contributed by atoms with Crippen molar-refractivity contribution in [3.8, 4) is 5.75 Å². The van der Waals surface area contributed by atoms with Crippen LogP contribution in [0.1, 0.15) is 58.7 Å². The van der Waals surface area contributed by atoms with Gasteiger partial charge in [0.2, 0.25) is 5.91 Å². The van der Waals surface area contributed by atoms with E-state index in [1.807, 2.05) is 87.5 Å². The van der Waals surface area contributed by atoms with Gasteiger partial charge in [0.1, 0.15) is 23.4 Å². The molecule has 2 unspecified atom stereocenters. The zero-order chi connectivity index (χ0) is 32.1. The fourth-order valence-electron chi connectivity index (χ4n) is 5.11. The van der Waals surface area contributed by atoms with Crippen LogP contribution in [0.2, 0.25) is 0 Å². The van der Waals surface area contributed by atoms with E-state index in [2.05, 4.69) is 10.6 Å². The Morgan fingerprint density at radius 1 is 0.795 bits per heavy atom. The summed E-state index contributed by atoms with van der Waals surface area (Å²) in [5.41, 5.74) is -0.0925. The Balaban J connectivity index is 1.78. The molecule has 3 amide bonds. The molecule has 8 heteroatoms. The smallest absolute Gasteiger partial charge is 0.408 e. The summed E-state index contributed by atoms with van der Waals surface area (Å²) in [6, 6.07) is 26.8. The number of ether oxygens (including phenoxy) is 1. The van der Waals surface area contributed by atoms with Crippen LogP contribution in [0.15, 0.2) is 97.1 Å². The van der Waals surface area contributed by atoms with E-state index in [0.29, 0.717) is 5.69 Å². The van der Waals surface area contributed by atoms with Crippen LogP contribution in [-0.2, 0) is 20.7 Å². The average Bonchev–Trinajstić information content (AvgIpc) is 2.94. The molecule has 0 heterocycles. The van der Waals surface area contributed by atoms with E-state index in [1.54, 1.807) is 45.0 Å². The number of aromatic hydroxyl groups is 1. The number of alkyl carbamates (subject to hydrolysis) is 1. The van der Waals surface area contributed by atoms with Gasteiger partial charge in [0.25, 0.3) is 5.91 Å². The van der Waals surface area contributed by atoms with Crippen molar-refractivity contribution in [3.05, 3.63) is 108 Å². The van der Waals surface area contributed by atoms with Crippen LogP contribution in [-0.4, -0.2) is 45.1 Å². The lowest BCUT2D eigenvalue weighted by Crippen LogP contribution is -2.58. The fourth-order valence-corrected chi connectivity index (χ4v) is 5.11. The summed E-state index contributed by atoms with van der Waals surface area (Å²) in [6.07, 6.45) is -0.592. The second-order valence-electron chi connectivity index (χ2n) is 12.8. The third kappa shape index (κ3) is 8.16. The SMILES string of the molecule is CC(C)(C)OC(=O)NC(Cc1ccccc1)C(=O)N(C(C(=O)Nc1ccc2ccccc2c1)c1ccccc1O)C(C)(C)C. The number of hydrogen-bond acceptors (Lipinski definition) is 5. The molecule has 0 bridgehead atoms. The molecule has 0 saturated carbocycles. The van der Waals surface area contributed by atoms with E-state index in [0.717, 1.165) is 16.3 Å². The minimum Gasteiger partial charge on any atom is -0.508 e. The molecule has 0 radical (unpaired) electrons. The quantitative estimate of drug-likeness (QED) is 0.204. The first-order valence-electron chi connectivity index (χ1n) is 14.7. The Bertz CT molecular complexity index is 1620. The molecule has 0 aromatic heterocycles. The normalized spacial score (nSPS) is 13.0. The van der Waals surface area contributed by atoms with Gasteiger partial charge in [-0.05, 0) is 76.1 Å². The van der Waals surface area contributed by atoms with Crippen LogP contribution in [0.4, 0.5) is 10.5 Å². The van der Waals surface area contributed by atoms with E-state index in [1.165, 1.54) is 11.0 Å². The van der Waals surface area contributed by atoms with Gasteiger partial charge in [-0.15, -0.1) is 0 Å². The first kappa shape index (κ1) is 32.1. The van der Waals surface area contributed by atoms with Gasteiger partial charge in [-0.25, -0.2) is 4.79 Å². The zero-order valence-corrected chi connectivity index (χ0v) is 26.1. The highest BCUT2D eigenvalue weighted by atomic mass is 16.6. The molecular weight excluding hydrogens is 554 g/mol. The number of fused-ring (bicyclic) bond motifs is 1. The minimum atomic E-state index is -1.24. The van der Waals surface area contributed by atoms with Crippen molar-refractivity contribution in [1.82, 2.24) is 10.2 Å². The van der Waals surface area contributed by atoms with Crippen LogP contribution in [0, 0.1) is 0 Å². The van der Waals surface area contributed by atoms with Crippen molar-refractivity contribution in [2.24, 2.45) is 0 Å². The molecule has 44 heavy (non-hydrogen) atoms. The largest absolute Gasteiger partial charge is 0.508 e. The van der Waals surface area contributed by atoms with E-state index in [4.69, 9.17) is 4.74 Å². The summed E-state index contributed by atoms with van der Waals surface area (Å²) in [5, 5.41) is 18.7. The van der Waals surface area contributed by atoms with Gasteiger partial charge < -0.3 is 25.4 Å². The first-order valence-corrected chi connectivity index (χ1v) is 14.7. The molecule has 4 aromatic carbocycles. The van der Waals surface area contributed by atoms with Gasteiger partial charge >= 0.3 is 6.09 Å². The number of para-hydroxylation sites is 1. The third-order valence-electron chi connectivity index (χ3n) is 6.99. The maximum Gasteiger partial charge on any atom is 0.408 e. The lowest BCUT2D eigenvalue weighted by atomic mass is 9.93. The summed E-state index contributed by atoms with van der Waals surface area (Å²) in [6.45, 7) is 10.7. The van der Waals surface area contributed by atoms with Crippen molar-refractivity contribution in [1.29, 1.82) is 0 Å². The number of carbonyl (C=O) groups excluding carboxylic acids is 3. The summed E-state index contributed by atoms with van der Waals surface area (Å²) in [7, 11) is 0. The predicted molar refractivity (Wildman–Crippen MR) is 173 cm³/mol. The van der Waals surface area contributed by atoms with Crippen molar-refractivity contribution in [2.45, 2.75) is 71.2 Å². The van der Waals surface area contributed by atoms with E-state index >= 15 is 0 Å². The topological polar surface area (TPSA) is 108 Å². The van der Waals surface area contributed by atoms with E-state index in [9.17, 15) is 19.5 Å². The van der Waals surface area contributed by atoms with Gasteiger partial charge in [-0.3, -0.25) is 9.59 Å². The zero-order valence-electron chi connectivity index (χ0n) is 26.1. The maximum atomic E-state index is 14.6. The van der Waals surface area contributed by atoms with Crippen LogP contribution in [0.5, 0.6) is 5.75 Å². The average molecular weight is 596 g/mol. The van der Waals surface area contributed by atoms with Crippen LogP contribution >= 0.6 is 0 Å². The number of rotatable bonds is 8. The molecule has 4 aromatic rings. The Morgan fingerprint density at radius 3 is 2.05 bits per heavy atom. The fraction of sp³-hybridized carbons (Fsp3) is 0.306. The number of anilines is 1. The Kier molecular flexibility index (Phi) is 9.62. The van der Waals surface area contributed by atoms with E-state index < -0.39 is 41.1 Å². The molecule has 0 aliphatic carbocycles. The Morgan fingerprint density at radius 2 is 1.41 bits per heavy atom. The number of benzene rings is 4. The second kappa shape index (κ2) is 13.2. The molecule has 2 atom stereocenters. The number of phenolic OH excluding ortho intramolecular Hbond substituents is 1. The monoisotopic (exact) mass is 595 g/mol. The lowest BCUT2D eigenvalue weighted by Gasteiger charge is -2.43. The summed E-state index contributed by atoms with van der Waals surface area (Å²) < 4.78 is 5.51. The van der Waals surface area contributed by atoms with Crippen molar-refractivity contribution in [3.63, 3.8) is 0 Å². The second-order valence-corrected chi connectivity index (χ2v) is 12.8. The number of amides is 3. The Hall–Kier alpha value is -4.85. The highest BCUT2D eigenvalue weighted by Crippen LogP contribution is 2.35. The molecule has 8 nitrogen and oxygen atoms in total. The van der Waals surface area contributed by atoms with Gasteiger partial charge in [-0.1, -0.05) is 78.9 Å². The molecule has 0 aliphatic rings. The predicted octanol–water partition coefficient (Wildman–Crippen LogP) is 6.99. The van der Waals surface area contributed by atoms with Gasteiger partial charge in [-0.2, -0.15) is 0 Å². The van der Waals surface area contributed by atoms with Crippen molar-refractivity contribution < 1.29 is 24.2 Å². The molecule has 3 N–H and O–H groups in total. The molecule has 0 aliphatic heterocycles. The summed E-state index contributed by atoms with van der Waals surface area (Å²) >= 11 is 0. The molecule has 4 rings (SSSR count). The molecule has 0 spiro atoms. The van der Waals surface area contributed by atoms with Crippen molar-refractivity contribution in [2.75, 3.05) is 5.32 Å². The van der Waals surface area contributed by atoms with Crippen LogP contribution in [0.25, 0.3) is 10.8 Å². The molecular formula is C36H41N3O5. The van der Waals surface area contributed by atoms with Crippen molar-refractivity contribution >= 4 is 34.4 Å². The van der Waals surface area contributed by atoms with Gasteiger partial charge in [0.15, 0.2) is 0 Å².